The molecule has 0 aliphatic heterocycles. The van der Waals surface area contributed by atoms with Crippen molar-refractivity contribution in [1.29, 1.82) is 0 Å². The maximum absolute atomic E-state index is 11.5. The van der Waals surface area contributed by atoms with Gasteiger partial charge in [-0.1, -0.05) is 161 Å². The van der Waals surface area contributed by atoms with Gasteiger partial charge in [0.05, 0.1) is 74.9 Å². The summed E-state index contributed by atoms with van der Waals surface area (Å²) in [5.74, 6) is -0.774. The second-order valence-corrected chi connectivity index (χ2v) is 73.3. The number of rotatable bonds is 36. The number of allylic oxidation sites excluding steroid dienone is 1. The minimum absolute atomic E-state index is 0.0543. The highest BCUT2D eigenvalue weighted by Crippen LogP contribution is 2.41. The number of carbonyl (C=O) groups excluding carboxylic acids is 4. The van der Waals surface area contributed by atoms with E-state index >= 15 is 0 Å². The average Bonchev–Trinajstić information content (AvgIpc) is 1.23. The number of ether oxygens (including phenoxy) is 4. The molecule has 1 rings (SSSR count). The zero-order chi connectivity index (χ0) is 70.1. The molecular formula is C67H136O12Si9. The van der Waals surface area contributed by atoms with Crippen LogP contribution in [-0.4, -0.2) is 130 Å². The average molecular weight is 1390 g/mol. The van der Waals surface area contributed by atoms with Crippen molar-refractivity contribution in [3.63, 3.8) is 0 Å². The van der Waals surface area contributed by atoms with E-state index in [9.17, 15) is 19.2 Å². The van der Waals surface area contributed by atoms with Crippen LogP contribution in [0.3, 0.4) is 0 Å². The van der Waals surface area contributed by atoms with Crippen molar-refractivity contribution < 1.29 is 54.9 Å². The fraction of sp³-hybridized carbons (Fsp3) is 0.701. The molecule has 1 aromatic rings. The highest BCUT2D eigenvalue weighted by Gasteiger charge is 2.50. The lowest BCUT2D eigenvalue weighted by Gasteiger charge is -2.42. The molecule has 0 bridgehead atoms. The van der Waals surface area contributed by atoms with Gasteiger partial charge in [-0.2, -0.15) is 0 Å². The molecule has 0 unspecified atom stereocenters. The van der Waals surface area contributed by atoms with Gasteiger partial charge < -0.3 is 35.7 Å². The van der Waals surface area contributed by atoms with Gasteiger partial charge in [-0.05, 0) is 146 Å². The lowest BCUT2D eigenvalue weighted by atomic mass is 10.00. The second-order valence-electron chi connectivity index (χ2n) is 31.9. The van der Waals surface area contributed by atoms with E-state index in [0.717, 1.165) is 31.7 Å². The van der Waals surface area contributed by atoms with E-state index in [2.05, 4.69) is 236 Å². The van der Waals surface area contributed by atoms with Crippen LogP contribution in [0.5, 0.6) is 0 Å². The fourth-order valence-corrected chi connectivity index (χ4v) is 27.0. The smallest absolute Gasteiger partial charge is 0.465 e. The van der Waals surface area contributed by atoms with Gasteiger partial charge in [0.25, 0.3) is 0 Å². The van der Waals surface area contributed by atoms with Gasteiger partial charge in [0.2, 0.25) is 0 Å². The zero-order valence-electron chi connectivity index (χ0n) is 62.2. The molecule has 0 saturated heterocycles. The standard InChI is InChI=1S/C16H38O5Si4.C15H24Si.C13H28O3Si2.C13H26O2Si.C10H20O2Si/c1-11-13-16(17)18-14-12-15-25(19-22(2,3)4,20-23(5,6)7)21-24(8,9)10;1-7-8-13-9-11-14(12-10-13)15(2,3)16(4,5)6;1-7-9-12(14)15-10-8-11-17-16-13(2,3)18(4,5)6;1-7-9-12(14)15-11-8-10-13(2,3)16(4,5)6;1-7-8-9(11)12-10(2,3)13(4,5)6/h11H,1,12-15H2,2-10H3;7,9-12H,1,8H2,2-6H3;7H,1,8-11,17H2,2-6H3;7H,1,8-11H2,2-6H3;7H,1,8H2,2-6H3. The molecule has 0 fully saturated rings. The van der Waals surface area contributed by atoms with Gasteiger partial charge in [0.15, 0.2) is 34.7 Å². The minimum atomic E-state index is -2.82. The summed E-state index contributed by atoms with van der Waals surface area (Å²) in [4.78, 5) is 44.9. The Morgan fingerprint density at radius 1 is 0.443 bits per heavy atom. The van der Waals surface area contributed by atoms with Crippen LogP contribution in [0.1, 0.15) is 118 Å². The van der Waals surface area contributed by atoms with Gasteiger partial charge in [-0.15, -0.1) is 32.9 Å². The third kappa shape index (κ3) is 44.2. The van der Waals surface area contributed by atoms with Crippen LogP contribution in [0.2, 0.25) is 155 Å². The Labute approximate surface area is 552 Å². The molecule has 21 heteroatoms. The van der Waals surface area contributed by atoms with E-state index in [4.69, 9.17) is 35.7 Å². The van der Waals surface area contributed by atoms with Crippen molar-refractivity contribution in [1.82, 2.24) is 0 Å². The van der Waals surface area contributed by atoms with E-state index < -0.39 is 75.8 Å². The highest BCUT2D eigenvalue weighted by molar-refractivity contribution is 6.90. The monoisotopic (exact) mass is 1380 g/mol. The molecule has 0 heterocycles. The van der Waals surface area contributed by atoms with Gasteiger partial charge in [0.1, 0.15) is 0 Å². The maximum Gasteiger partial charge on any atom is 0.469 e. The second kappa shape index (κ2) is 41.3. The molecule has 1 aromatic carbocycles. The Morgan fingerprint density at radius 3 is 1.11 bits per heavy atom. The van der Waals surface area contributed by atoms with Crippen molar-refractivity contribution in [3.05, 3.63) is 98.7 Å². The number of carbonyl (C=O) groups is 4. The van der Waals surface area contributed by atoms with Crippen molar-refractivity contribution in [2.75, 3.05) is 19.8 Å². The molecule has 512 valence electrons. The molecule has 0 aromatic heterocycles. The summed E-state index contributed by atoms with van der Waals surface area (Å²) < 4.78 is 46.6. The molecule has 0 atom stereocenters. The van der Waals surface area contributed by atoms with Crippen LogP contribution in [0, 0.1) is 0 Å². The molecule has 0 aliphatic rings. The van der Waals surface area contributed by atoms with Crippen LogP contribution >= 0.6 is 0 Å². The van der Waals surface area contributed by atoms with Crippen LogP contribution in [0.25, 0.3) is 0 Å². The molecular weight excluding hydrogens is 1250 g/mol. The highest BCUT2D eigenvalue weighted by atomic mass is 28.5. The normalized spacial score (nSPS) is 12.9. The summed E-state index contributed by atoms with van der Waals surface area (Å²) in [7, 11) is -13.9. The van der Waals surface area contributed by atoms with E-state index in [1.54, 1.807) is 24.3 Å². The van der Waals surface area contributed by atoms with E-state index in [1.807, 2.05) is 19.9 Å². The first-order chi connectivity index (χ1) is 39.5. The summed E-state index contributed by atoms with van der Waals surface area (Å²) in [5.41, 5.74) is 2.82. The largest absolute Gasteiger partial charge is 0.469 e. The van der Waals surface area contributed by atoms with Gasteiger partial charge in [0, 0.05) is 19.3 Å². The Hall–Kier alpha value is -2.41. The Balaban J connectivity index is -0.000000510. The molecule has 0 saturated carbocycles. The first kappa shape index (κ1) is 92.0. The quantitative estimate of drug-likeness (QED) is 0.0207. The predicted molar refractivity (Wildman–Crippen MR) is 404 cm³/mol. The topological polar surface area (TPSA) is 142 Å². The molecule has 0 spiro atoms. The molecule has 12 nitrogen and oxygen atoms in total. The first-order valence-electron chi connectivity index (χ1n) is 32.0. The van der Waals surface area contributed by atoms with Crippen molar-refractivity contribution in [2.45, 2.75) is 283 Å². The summed E-state index contributed by atoms with van der Waals surface area (Å²) in [6, 6.07) is 10.8. The fourth-order valence-electron chi connectivity index (χ4n) is 6.88. The van der Waals surface area contributed by atoms with Gasteiger partial charge >= 0.3 is 32.7 Å². The number of hydrogen-bond donors (Lipinski definition) is 0. The predicted octanol–water partition coefficient (Wildman–Crippen LogP) is 19.0. The summed E-state index contributed by atoms with van der Waals surface area (Å²) >= 11 is 0. The Morgan fingerprint density at radius 2 is 0.795 bits per heavy atom. The van der Waals surface area contributed by atoms with Crippen LogP contribution < -0.4 is 0 Å². The van der Waals surface area contributed by atoms with E-state index in [0.29, 0.717) is 61.6 Å². The molecule has 0 amide bonds. The van der Waals surface area contributed by atoms with Crippen molar-refractivity contribution >= 4 is 99.7 Å². The minimum Gasteiger partial charge on any atom is -0.465 e. The third-order valence-electron chi connectivity index (χ3n) is 15.9. The van der Waals surface area contributed by atoms with E-state index in [1.165, 1.54) is 11.1 Å². The van der Waals surface area contributed by atoms with Crippen molar-refractivity contribution in [3.8, 4) is 0 Å². The SMILES string of the molecule is C=CCC(=O)OC(C)(C)[Si](C)(C)C.C=CCC(=O)OCCCC(C)(C)[Si](C)(C)C.C=CCC(=O)OCCC[SiH2]OC(C)(C)[Si](C)(C)C.C=CCC(=O)OCCC[Si](O[Si](C)(C)C)(O[Si](C)(C)C)O[Si](C)(C)C.C=CCc1ccc(C(C)(C)[Si](C)(C)C)cc1. The molecule has 0 radical (unpaired) electrons. The van der Waals surface area contributed by atoms with Crippen LogP contribution in [0.4, 0.5) is 0 Å². The lowest BCUT2D eigenvalue weighted by Crippen LogP contribution is -2.60. The molecule has 0 aliphatic carbocycles. The summed E-state index contributed by atoms with van der Waals surface area (Å²) in [6.07, 6.45) is 14.0. The zero-order valence-corrected chi connectivity index (χ0v) is 71.7. The number of esters is 4. The maximum atomic E-state index is 11.5. The Kier molecular flexibility index (Phi) is 43.2. The van der Waals surface area contributed by atoms with Crippen LogP contribution in [0.15, 0.2) is 87.5 Å². The van der Waals surface area contributed by atoms with Gasteiger partial charge in [-0.25, -0.2) is 0 Å². The third-order valence-corrected chi connectivity index (χ3v) is 45.8. The molecule has 0 N–H and O–H groups in total. The van der Waals surface area contributed by atoms with Crippen molar-refractivity contribution in [2.24, 2.45) is 0 Å². The number of benzene rings is 1. The van der Waals surface area contributed by atoms with Gasteiger partial charge in [-0.3, -0.25) is 19.2 Å². The molecule has 88 heavy (non-hydrogen) atoms. The summed E-state index contributed by atoms with van der Waals surface area (Å²) in [6.45, 7) is 84.6. The summed E-state index contributed by atoms with van der Waals surface area (Å²) in [5, 5.41) is 0.489. The lowest BCUT2D eigenvalue weighted by molar-refractivity contribution is -0.150. The van der Waals surface area contributed by atoms with E-state index in [-0.39, 0.29) is 40.7 Å². The van der Waals surface area contributed by atoms with Crippen LogP contribution in [-0.2, 0) is 66.4 Å². The first-order valence-corrected chi connectivity index (χ1v) is 59.8. The Bertz CT molecular complexity index is 2170. The number of hydrogen-bond acceptors (Lipinski definition) is 12.